The number of pyridine rings is 1. The second-order valence-corrected chi connectivity index (χ2v) is 10.00. The molecule has 0 spiro atoms. The molecule has 14 heteroatoms. The molecule has 3 aromatic heterocycles. The van der Waals surface area contributed by atoms with Crippen molar-refractivity contribution in [2.24, 2.45) is 0 Å². The van der Waals surface area contributed by atoms with Gasteiger partial charge in [0.15, 0.2) is 5.69 Å². The predicted octanol–water partition coefficient (Wildman–Crippen LogP) is 2.51. The lowest BCUT2D eigenvalue weighted by Gasteiger charge is -2.43. The Hall–Kier alpha value is -1.63. The fourth-order valence-corrected chi connectivity index (χ4v) is 5.96. The second kappa shape index (κ2) is 10.1. The van der Waals surface area contributed by atoms with Crippen LogP contribution in [0.15, 0.2) is 33.2 Å². The molecular formula is C18H16BrClN6O4S2. The highest BCUT2D eigenvalue weighted by Gasteiger charge is 2.47. The van der Waals surface area contributed by atoms with E-state index in [4.69, 9.17) is 21.1 Å². The number of aliphatic hydroxyl groups is 2. The van der Waals surface area contributed by atoms with E-state index in [-0.39, 0.29) is 5.69 Å². The molecule has 5 atom stereocenters. The number of methoxy groups -OCH3 is 1. The van der Waals surface area contributed by atoms with E-state index in [1.165, 1.54) is 41.1 Å². The molecule has 0 bridgehead atoms. The fraction of sp³-hybridized carbons (Fsp3) is 0.389. The van der Waals surface area contributed by atoms with Crippen molar-refractivity contribution in [1.82, 2.24) is 25.0 Å². The van der Waals surface area contributed by atoms with Gasteiger partial charge in [-0.15, -0.1) is 16.4 Å². The summed E-state index contributed by atoms with van der Waals surface area (Å²) in [6.45, 7) is -0.420. The highest BCUT2D eigenvalue weighted by Crippen LogP contribution is 2.40. The van der Waals surface area contributed by atoms with Crippen molar-refractivity contribution in [1.29, 1.82) is 5.26 Å². The Morgan fingerprint density at radius 3 is 2.97 bits per heavy atom. The van der Waals surface area contributed by atoms with Crippen LogP contribution in [-0.2, 0) is 9.47 Å². The normalized spacial score (nSPS) is 25.6. The molecule has 4 rings (SSSR count). The molecule has 0 amide bonds. The van der Waals surface area contributed by atoms with Crippen LogP contribution in [0.3, 0.4) is 0 Å². The van der Waals surface area contributed by atoms with Gasteiger partial charge >= 0.3 is 0 Å². The van der Waals surface area contributed by atoms with Gasteiger partial charge in [0.25, 0.3) is 0 Å². The minimum Gasteiger partial charge on any atom is -0.394 e. The first kappa shape index (κ1) is 23.5. The Balaban J connectivity index is 1.68. The summed E-state index contributed by atoms with van der Waals surface area (Å²) >= 11 is 11.8. The minimum atomic E-state index is -1.13. The molecule has 4 heterocycles. The minimum absolute atomic E-state index is 0.226. The lowest BCUT2D eigenvalue weighted by Crippen LogP contribution is -2.55. The maximum Gasteiger partial charge on any atom is 0.154 e. The Labute approximate surface area is 204 Å². The molecule has 32 heavy (non-hydrogen) atoms. The van der Waals surface area contributed by atoms with E-state index < -0.39 is 36.4 Å². The Morgan fingerprint density at radius 2 is 2.31 bits per heavy atom. The number of thioether (sulfide) groups is 1. The molecule has 1 aliphatic heterocycles. The number of thiazole rings is 1. The molecule has 3 aromatic rings. The molecule has 168 valence electrons. The molecule has 5 unspecified atom stereocenters. The first-order valence-electron chi connectivity index (χ1n) is 9.17. The lowest BCUT2D eigenvalue weighted by atomic mass is 9.97. The SMILES string of the molecule is COC1C(Sc2cc(Br)cnc2C#N)OC(CO)C(O)C1n1cc(-c2nc(Cl)cs2)nn1. The van der Waals surface area contributed by atoms with E-state index in [1.54, 1.807) is 17.6 Å². The molecule has 0 aromatic carbocycles. The number of hydrogen-bond donors (Lipinski definition) is 2. The van der Waals surface area contributed by atoms with E-state index in [1.807, 2.05) is 0 Å². The number of hydrogen-bond acceptors (Lipinski definition) is 11. The summed E-state index contributed by atoms with van der Waals surface area (Å²) in [7, 11) is 1.49. The molecule has 0 aliphatic carbocycles. The first-order chi connectivity index (χ1) is 15.4. The molecule has 0 radical (unpaired) electrons. The van der Waals surface area contributed by atoms with Crippen LogP contribution in [0.1, 0.15) is 11.7 Å². The van der Waals surface area contributed by atoms with Gasteiger partial charge in [-0.05, 0) is 22.0 Å². The van der Waals surface area contributed by atoms with Crippen molar-refractivity contribution in [3.05, 3.63) is 39.2 Å². The number of aromatic nitrogens is 5. The number of nitrogens with zero attached hydrogens (tertiary/aromatic N) is 6. The van der Waals surface area contributed by atoms with Gasteiger partial charge in [-0.1, -0.05) is 28.6 Å². The monoisotopic (exact) mass is 558 g/mol. The highest BCUT2D eigenvalue weighted by molar-refractivity contribution is 9.10. The quantitative estimate of drug-likeness (QED) is 0.463. The second-order valence-electron chi connectivity index (χ2n) is 6.70. The molecule has 1 aliphatic rings. The van der Waals surface area contributed by atoms with Gasteiger partial charge in [0.1, 0.15) is 51.7 Å². The van der Waals surface area contributed by atoms with Gasteiger partial charge in [0.05, 0.1) is 12.8 Å². The largest absolute Gasteiger partial charge is 0.394 e. The average Bonchev–Trinajstić information content (AvgIpc) is 3.43. The maximum absolute atomic E-state index is 10.9. The summed E-state index contributed by atoms with van der Waals surface area (Å²) < 4.78 is 13.8. The smallest absolute Gasteiger partial charge is 0.154 e. The van der Waals surface area contributed by atoms with E-state index in [0.29, 0.717) is 25.2 Å². The topological polar surface area (TPSA) is 139 Å². The first-order valence-corrected chi connectivity index (χ1v) is 12.1. The summed E-state index contributed by atoms with van der Waals surface area (Å²) in [5, 5.41) is 41.1. The predicted molar refractivity (Wildman–Crippen MR) is 120 cm³/mol. The van der Waals surface area contributed by atoms with Gasteiger partial charge < -0.3 is 19.7 Å². The molecule has 2 N–H and O–H groups in total. The van der Waals surface area contributed by atoms with E-state index >= 15 is 0 Å². The Bertz CT molecular complexity index is 1140. The lowest BCUT2D eigenvalue weighted by molar-refractivity contribution is -0.186. The Morgan fingerprint density at radius 1 is 1.50 bits per heavy atom. The van der Waals surface area contributed by atoms with Crippen molar-refractivity contribution >= 4 is 50.6 Å². The van der Waals surface area contributed by atoms with Crippen molar-refractivity contribution in [3.8, 4) is 16.8 Å². The molecular weight excluding hydrogens is 544 g/mol. The number of aliphatic hydroxyl groups excluding tert-OH is 2. The summed E-state index contributed by atoms with van der Waals surface area (Å²) in [6, 6.07) is 3.07. The van der Waals surface area contributed by atoms with Crippen LogP contribution >= 0.6 is 50.6 Å². The van der Waals surface area contributed by atoms with Crippen molar-refractivity contribution in [2.75, 3.05) is 13.7 Å². The summed E-state index contributed by atoms with van der Waals surface area (Å²) in [6.07, 6.45) is 0.433. The number of ether oxygens (including phenoxy) is 2. The summed E-state index contributed by atoms with van der Waals surface area (Å²) in [5.41, 5.74) is 0.0300. The van der Waals surface area contributed by atoms with Crippen molar-refractivity contribution in [3.63, 3.8) is 0 Å². The fourth-order valence-electron chi connectivity index (χ4n) is 3.32. The Kier molecular flexibility index (Phi) is 7.43. The maximum atomic E-state index is 10.9. The summed E-state index contributed by atoms with van der Waals surface area (Å²) in [5.74, 6) is 0. The summed E-state index contributed by atoms with van der Waals surface area (Å²) in [4.78, 5) is 8.87. The van der Waals surface area contributed by atoms with Crippen LogP contribution in [0.2, 0.25) is 5.15 Å². The van der Waals surface area contributed by atoms with Crippen LogP contribution in [-0.4, -0.2) is 72.6 Å². The van der Waals surface area contributed by atoms with Gasteiger partial charge in [0.2, 0.25) is 0 Å². The molecule has 0 saturated carbocycles. The van der Waals surface area contributed by atoms with E-state index in [0.717, 1.165) is 0 Å². The molecule has 1 fully saturated rings. The van der Waals surface area contributed by atoms with Gasteiger partial charge in [-0.3, -0.25) is 0 Å². The van der Waals surface area contributed by atoms with Crippen LogP contribution < -0.4 is 0 Å². The average molecular weight is 560 g/mol. The third-order valence-corrected chi connectivity index (χ3v) is 7.57. The van der Waals surface area contributed by atoms with Gasteiger partial charge in [-0.2, -0.15) is 5.26 Å². The third-order valence-electron chi connectivity index (χ3n) is 4.78. The zero-order valence-corrected chi connectivity index (χ0v) is 20.3. The van der Waals surface area contributed by atoms with Crippen LogP contribution in [0.25, 0.3) is 10.7 Å². The van der Waals surface area contributed by atoms with Gasteiger partial charge in [0, 0.05) is 28.1 Å². The van der Waals surface area contributed by atoms with Crippen LogP contribution in [0.4, 0.5) is 0 Å². The molecule has 1 saturated heterocycles. The third kappa shape index (κ3) is 4.68. The molecule has 10 nitrogen and oxygen atoms in total. The van der Waals surface area contributed by atoms with E-state index in [9.17, 15) is 15.5 Å². The standard InChI is InChI=1S/C18H16BrClN6O4S2/c1-29-16-14(26-5-10(24-25-26)17-23-13(20)7-31-17)15(28)11(6-27)30-18(16)32-12-2-8(19)4-22-9(12)3-21/h2,4-5,7,11,14-16,18,27-28H,6H2,1H3. The van der Waals surface area contributed by atoms with Gasteiger partial charge in [-0.25, -0.2) is 14.6 Å². The van der Waals surface area contributed by atoms with Crippen molar-refractivity contribution < 1.29 is 19.7 Å². The van der Waals surface area contributed by atoms with Crippen LogP contribution in [0.5, 0.6) is 0 Å². The van der Waals surface area contributed by atoms with Crippen molar-refractivity contribution in [2.45, 2.75) is 34.7 Å². The number of rotatable bonds is 6. The number of nitriles is 1. The number of halogens is 2. The van der Waals surface area contributed by atoms with E-state index in [2.05, 4.69) is 42.3 Å². The zero-order chi connectivity index (χ0) is 22.8. The van der Waals surface area contributed by atoms with Crippen LogP contribution in [0, 0.1) is 11.3 Å². The zero-order valence-electron chi connectivity index (χ0n) is 16.4. The highest BCUT2D eigenvalue weighted by atomic mass is 79.9.